The van der Waals surface area contributed by atoms with Crippen molar-refractivity contribution in [3.05, 3.63) is 24.4 Å². The summed E-state index contributed by atoms with van der Waals surface area (Å²) in [7, 11) is 0. The molecule has 0 radical (unpaired) electrons. The fourth-order valence-corrected chi connectivity index (χ4v) is 2.93. The molecule has 1 fully saturated rings. The molecule has 3 heterocycles. The van der Waals surface area contributed by atoms with Gasteiger partial charge in [0.1, 0.15) is 12.7 Å². The third-order valence-corrected chi connectivity index (χ3v) is 4.17. The summed E-state index contributed by atoms with van der Waals surface area (Å²) in [5, 5.41) is 8.19. The summed E-state index contributed by atoms with van der Waals surface area (Å²) in [4.78, 5) is 10.9. The second kappa shape index (κ2) is 6.34. The van der Waals surface area contributed by atoms with Crippen LogP contribution >= 0.6 is 0 Å². The number of rotatable bonds is 5. The molecule has 3 rings (SSSR count). The number of aromatic nitrogens is 5. The fourth-order valence-electron chi connectivity index (χ4n) is 2.93. The Hall–Kier alpha value is -1.76. The number of aryl methyl sites for hydroxylation is 1. The molecule has 0 bridgehead atoms. The van der Waals surface area contributed by atoms with Gasteiger partial charge in [0.05, 0.1) is 6.04 Å². The molecule has 21 heavy (non-hydrogen) atoms. The average molecular weight is 290 g/mol. The molecule has 0 amide bonds. The first-order valence-electron chi connectivity index (χ1n) is 7.65. The Bertz CT molecular complexity index is 552. The number of likely N-dealkylation sites (tertiary alicyclic amines) is 1. The summed E-state index contributed by atoms with van der Waals surface area (Å²) in [6, 6.07) is 0.177. The van der Waals surface area contributed by atoms with E-state index < -0.39 is 0 Å². The largest absolute Gasteiger partial charge is 0.338 e. The lowest BCUT2D eigenvalue weighted by atomic mass is 9.97. The van der Waals surface area contributed by atoms with E-state index in [2.05, 4.69) is 32.0 Å². The highest BCUT2D eigenvalue weighted by Crippen LogP contribution is 2.26. The van der Waals surface area contributed by atoms with E-state index in [1.807, 2.05) is 11.6 Å². The van der Waals surface area contributed by atoms with Gasteiger partial charge < -0.3 is 4.52 Å². The van der Waals surface area contributed by atoms with Crippen LogP contribution in [0, 0.1) is 5.92 Å². The normalized spacial score (nSPS) is 21.5. The van der Waals surface area contributed by atoms with Crippen LogP contribution in [0.15, 0.2) is 17.2 Å². The van der Waals surface area contributed by atoms with Gasteiger partial charge in [0.2, 0.25) is 5.89 Å². The van der Waals surface area contributed by atoms with Crippen molar-refractivity contribution < 1.29 is 4.52 Å². The van der Waals surface area contributed by atoms with Crippen LogP contribution in [0.25, 0.3) is 0 Å². The van der Waals surface area contributed by atoms with Gasteiger partial charge in [-0.1, -0.05) is 12.1 Å². The average Bonchev–Trinajstić information content (AvgIpc) is 3.17. The molecule has 114 valence electrons. The van der Waals surface area contributed by atoms with Crippen LogP contribution in [0.2, 0.25) is 0 Å². The van der Waals surface area contributed by atoms with E-state index in [4.69, 9.17) is 4.52 Å². The molecule has 2 aromatic heterocycles. The summed E-state index contributed by atoms with van der Waals surface area (Å²) >= 11 is 0. The predicted octanol–water partition coefficient (Wildman–Crippen LogP) is 1.70. The third-order valence-electron chi connectivity index (χ3n) is 4.17. The van der Waals surface area contributed by atoms with Crippen LogP contribution in [-0.4, -0.2) is 42.9 Å². The smallest absolute Gasteiger partial charge is 0.243 e. The highest BCUT2D eigenvalue weighted by Gasteiger charge is 2.27. The minimum atomic E-state index is 0.177. The van der Waals surface area contributed by atoms with Gasteiger partial charge in [-0.2, -0.15) is 10.1 Å². The van der Waals surface area contributed by atoms with Gasteiger partial charge in [0, 0.05) is 19.5 Å². The molecule has 0 N–H and O–H groups in total. The first-order valence-corrected chi connectivity index (χ1v) is 7.65. The lowest BCUT2D eigenvalue weighted by molar-refractivity contribution is 0.102. The molecule has 2 aromatic rings. The first kappa shape index (κ1) is 14.2. The maximum atomic E-state index is 5.38. The summed E-state index contributed by atoms with van der Waals surface area (Å²) in [5.74, 6) is 2.11. The van der Waals surface area contributed by atoms with E-state index in [0.717, 1.165) is 37.8 Å². The molecule has 1 aliphatic heterocycles. The van der Waals surface area contributed by atoms with E-state index >= 15 is 0 Å². The quantitative estimate of drug-likeness (QED) is 0.834. The van der Waals surface area contributed by atoms with E-state index in [0.29, 0.717) is 5.92 Å². The Labute approximate surface area is 124 Å². The number of piperidine rings is 1. The molecule has 7 nitrogen and oxygen atoms in total. The minimum absolute atomic E-state index is 0.177. The van der Waals surface area contributed by atoms with Crippen molar-refractivity contribution >= 4 is 0 Å². The number of hydrogen-bond donors (Lipinski definition) is 0. The monoisotopic (exact) mass is 290 g/mol. The van der Waals surface area contributed by atoms with E-state index in [-0.39, 0.29) is 6.04 Å². The SMILES string of the molecule is CCc1noc([C@@H](C)N2CCC[C@H](Cn3cncn3)C2)n1. The highest BCUT2D eigenvalue weighted by molar-refractivity contribution is 4.93. The van der Waals surface area contributed by atoms with Gasteiger partial charge in [0.15, 0.2) is 5.82 Å². The van der Waals surface area contributed by atoms with Crippen molar-refractivity contribution in [2.75, 3.05) is 13.1 Å². The van der Waals surface area contributed by atoms with Crippen LogP contribution in [0.5, 0.6) is 0 Å². The van der Waals surface area contributed by atoms with Gasteiger partial charge in [-0.3, -0.25) is 9.58 Å². The lowest BCUT2D eigenvalue weighted by Crippen LogP contribution is -2.38. The van der Waals surface area contributed by atoms with Gasteiger partial charge in [-0.15, -0.1) is 0 Å². The van der Waals surface area contributed by atoms with Crippen LogP contribution in [0.1, 0.15) is 44.4 Å². The van der Waals surface area contributed by atoms with Crippen molar-refractivity contribution in [3.8, 4) is 0 Å². The molecule has 0 aromatic carbocycles. The Morgan fingerprint density at radius 1 is 1.48 bits per heavy atom. The van der Waals surface area contributed by atoms with Gasteiger partial charge in [-0.25, -0.2) is 4.98 Å². The molecule has 1 saturated heterocycles. The zero-order valence-electron chi connectivity index (χ0n) is 12.6. The minimum Gasteiger partial charge on any atom is -0.338 e. The third kappa shape index (κ3) is 3.29. The maximum absolute atomic E-state index is 5.38. The molecule has 0 aliphatic carbocycles. The maximum Gasteiger partial charge on any atom is 0.243 e. The molecule has 0 unspecified atom stereocenters. The molecular weight excluding hydrogens is 268 g/mol. The second-order valence-electron chi connectivity index (χ2n) is 5.70. The summed E-state index contributed by atoms with van der Waals surface area (Å²) in [6.45, 7) is 7.22. The highest BCUT2D eigenvalue weighted by atomic mass is 16.5. The summed E-state index contributed by atoms with van der Waals surface area (Å²) in [6.07, 6.45) is 6.61. The second-order valence-corrected chi connectivity index (χ2v) is 5.70. The van der Waals surface area contributed by atoms with E-state index in [1.54, 1.807) is 12.7 Å². The van der Waals surface area contributed by atoms with Crippen LogP contribution in [0.4, 0.5) is 0 Å². The van der Waals surface area contributed by atoms with Crippen molar-refractivity contribution in [2.45, 2.75) is 45.7 Å². The zero-order valence-corrected chi connectivity index (χ0v) is 12.6. The standard InChI is InChI=1S/C14H22N6O/c1-3-13-17-14(21-18-13)11(2)19-6-4-5-12(7-19)8-20-10-15-9-16-20/h9-12H,3-8H2,1-2H3/t11-,12+/m1/s1. The van der Waals surface area contributed by atoms with Crippen LogP contribution in [-0.2, 0) is 13.0 Å². The van der Waals surface area contributed by atoms with Crippen molar-refractivity contribution in [1.29, 1.82) is 0 Å². The van der Waals surface area contributed by atoms with Gasteiger partial charge in [-0.05, 0) is 32.2 Å². The lowest BCUT2D eigenvalue weighted by Gasteiger charge is -2.35. The van der Waals surface area contributed by atoms with E-state index in [1.165, 1.54) is 12.8 Å². The zero-order chi connectivity index (χ0) is 14.7. The Morgan fingerprint density at radius 2 is 2.38 bits per heavy atom. The van der Waals surface area contributed by atoms with Crippen molar-refractivity contribution in [3.63, 3.8) is 0 Å². The summed E-state index contributed by atoms with van der Waals surface area (Å²) < 4.78 is 7.30. The van der Waals surface area contributed by atoms with Gasteiger partial charge in [0.25, 0.3) is 0 Å². The first-order chi connectivity index (χ1) is 10.3. The molecular formula is C14H22N6O. The molecule has 7 heteroatoms. The topological polar surface area (TPSA) is 72.9 Å². The van der Waals surface area contributed by atoms with Gasteiger partial charge >= 0.3 is 0 Å². The van der Waals surface area contributed by atoms with E-state index in [9.17, 15) is 0 Å². The molecule has 0 spiro atoms. The molecule has 1 aliphatic rings. The number of nitrogens with zero attached hydrogens (tertiary/aromatic N) is 6. The summed E-state index contributed by atoms with van der Waals surface area (Å²) in [5.41, 5.74) is 0. The number of hydrogen-bond acceptors (Lipinski definition) is 6. The van der Waals surface area contributed by atoms with Crippen molar-refractivity contribution in [2.24, 2.45) is 5.92 Å². The Kier molecular flexibility index (Phi) is 4.28. The Balaban J connectivity index is 1.62. The van der Waals surface area contributed by atoms with Crippen LogP contribution < -0.4 is 0 Å². The Morgan fingerprint density at radius 3 is 3.10 bits per heavy atom. The van der Waals surface area contributed by atoms with Crippen LogP contribution in [0.3, 0.4) is 0 Å². The van der Waals surface area contributed by atoms with Crippen molar-refractivity contribution in [1.82, 2.24) is 29.8 Å². The molecule has 0 saturated carbocycles. The fraction of sp³-hybridized carbons (Fsp3) is 0.714. The predicted molar refractivity (Wildman–Crippen MR) is 76.4 cm³/mol. The molecule has 2 atom stereocenters.